The van der Waals surface area contributed by atoms with Gasteiger partial charge in [0.05, 0.1) is 0 Å². The summed E-state index contributed by atoms with van der Waals surface area (Å²) in [6, 6.07) is 9.59. The molecule has 0 amide bonds. The van der Waals surface area contributed by atoms with Crippen LogP contribution in [0.25, 0.3) is 0 Å². The third kappa shape index (κ3) is 2.24. The van der Waals surface area contributed by atoms with E-state index in [9.17, 15) is 0 Å². The molecular formula is C17H23N. The fourth-order valence-electron chi connectivity index (χ4n) is 3.71. The Bertz CT molecular complexity index is 447. The van der Waals surface area contributed by atoms with E-state index < -0.39 is 0 Å². The van der Waals surface area contributed by atoms with Crippen LogP contribution in [0.15, 0.2) is 35.9 Å². The molecule has 1 N–H and O–H groups in total. The van der Waals surface area contributed by atoms with Gasteiger partial charge in [-0.15, -0.1) is 0 Å². The van der Waals surface area contributed by atoms with Gasteiger partial charge in [-0.25, -0.2) is 0 Å². The normalized spacial score (nSPS) is 24.5. The molecule has 2 aliphatic carbocycles. The van der Waals surface area contributed by atoms with Gasteiger partial charge < -0.3 is 5.32 Å². The average molecular weight is 241 g/mol. The summed E-state index contributed by atoms with van der Waals surface area (Å²) in [5.74, 6) is 0.786. The molecule has 0 aromatic heterocycles. The van der Waals surface area contributed by atoms with Gasteiger partial charge in [0.1, 0.15) is 0 Å². The summed E-state index contributed by atoms with van der Waals surface area (Å²) in [6.07, 6.45) is 10.3. The largest absolute Gasteiger partial charge is 0.313 e. The van der Waals surface area contributed by atoms with Crippen molar-refractivity contribution in [2.45, 2.75) is 44.6 Å². The van der Waals surface area contributed by atoms with Crippen LogP contribution in [0, 0.1) is 5.92 Å². The average Bonchev–Trinajstić information content (AvgIpc) is 2.93. The summed E-state index contributed by atoms with van der Waals surface area (Å²) < 4.78 is 0. The number of aryl methyl sites for hydroxylation is 1. The van der Waals surface area contributed by atoms with E-state index in [0.717, 1.165) is 5.92 Å². The van der Waals surface area contributed by atoms with E-state index in [4.69, 9.17) is 0 Å². The van der Waals surface area contributed by atoms with Crippen molar-refractivity contribution >= 4 is 0 Å². The Morgan fingerprint density at radius 1 is 1.17 bits per heavy atom. The molecule has 1 aromatic rings. The van der Waals surface area contributed by atoms with E-state index in [-0.39, 0.29) is 0 Å². The number of hydrogen-bond donors (Lipinski definition) is 1. The van der Waals surface area contributed by atoms with Crippen molar-refractivity contribution in [3.63, 3.8) is 0 Å². The van der Waals surface area contributed by atoms with Gasteiger partial charge in [0, 0.05) is 6.04 Å². The number of fused-ring (bicyclic) bond motifs is 1. The third-order valence-corrected chi connectivity index (χ3v) is 4.64. The molecule has 0 radical (unpaired) electrons. The minimum Gasteiger partial charge on any atom is -0.313 e. The first kappa shape index (κ1) is 12.0. The lowest BCUT2D eigenvalue weighted by atomic mass is 9.78. The maximum atomic E-state index is 3.58. The molecule has 1 aromatic carbocycles. The maximum absolute atomic E-state index is 3.58. The summed E-state index contributed by atoms with van der Waals surface area (Å²) in [5, 5.41) is 3.58. The van der Waals surface area contributed by atoms with Crippen LogP contribution in [0.1, 0.15) is 36.8 Å². The molecule has 2 aliphatic rings. The van der Waals surface area contributed by atoms with Crippen molar-refractivity contribution < 1.29 is 0 Å². The van der Waals surface area contributed by atoms with Crippen LogP contribution in [-0.2, 0) is 12.8 Å². The van der Waals surface area contributed by atoms with Crippen molar-refractivity contribution in [2.75, 3.05) is 7.05 Å². The second kappa shape index (κ2) is 5.27. The molecule has 0 fully saturated rings. The lowest BCUT2D eigenvalue weighted by molar-refractivity contribution is 0.365. The molecule has 2 atom stereocenters. The van der Waals surface area contributed by atoms with Crippen LogP contribution in [-0.4, -0.2) is 13.1 Å². The van der Waals surface area contributed by atoms with Crippen LogP contribution >= 0.6 is 0 Å². The Kier molecular flexibility index (Phi) is 3.51. The minimum absolute atomic E-state index is 0.612. The molecule has 0 saturated carbocycles. The summed E-state index contributed by atoms with van der Waals surface area (Å²) in [6.45, 7) is 0. The second-order valence-corrected chi connectivity index (χ2v) is 5.71. The number of allylic oxidation sites excluding steroid dienone is 1. The Morgan fingerprint density at radius 3 is 2.72 bits per heavy atom. The third-order valence-electron chi connectivity index (χ3n) is 4.64. The molecule has 0 saturated heterocycles. The summed E-state index contributed by atoms with van der Waals surface area (Å²) in [4.78, 5) is 0. The van der Waals surface area contributed by atoms with Crippen LogP contribution < -0.4 is 5.32 Å². The van der Waals surface area contributed by atoms with Gasteiger partial charge >= 0.3 is 0 Å². The van der Waals surface area contributed by atoms with Crippen molar-refractivity contribution in [1.29, 1.82) is 0 Å². The highest BCUT2D eigenvalue weighted by Gasteiger charge is 2.28. The molecule has 1 heteroatoms. The van der Waals surface area contributed by atoms with Gasteiger partial charge in [0.25, 0.3) is 0 Å². The first-order valence-corrected chi connectivity index (χ1v) is 7.31. The van der Waals surface area contributed by atoms with E-state index in [0.29, 0.717) is 6.04 Å². The van der Waals surface area contributed by atoms with E-state index in [1.54, 1.807) is 16.7 Å². The van der Waals surface area contributed by atoms with Gasteiger partial charge in [0.2, 0.25) is 0 Å². The van der Waals surface area contributed by atoms with Gasteiger partial charge in [-0.2, -0.15) is 0 Å². The lowest BCUT2D eigenvalue weighted by Gasteiger charge is -2.32. The molecule has 0 heterocycles. The van der Waals surface area contributed by atoms with Crippen LogP contribution in [0.3, 0.4) is 0 Å². The SMILES string of the molecule is CNC(C1=CCCC1)C1CCc2ccccc2C1. The van der Waals surface area contributed by atoms with E-state index in [1.807, 2.05) is 0 Å². The zero-order chi connectivity index (χ0) is 12.4. The molecule has 3 rings (SSSR count). The standard InChI is InChI=1S/C17H23N/c1-18-17(14-7-3-4-8-14)16-11-10-13-6-2-5-9-15(13)12-16/h2,5-7,9,16-18H,3-4,8,10-12H2,1H3. The molecule has 0 bridgehead atoms. The Morgan fingerprint density at radius 2 is 2.00 bits per heavy atom. The number of benzene rings is 1. The molecule has 1 nitrogen and oxygen atoms in total. The summed E-state index contributed by atoms with van der Waals surface area (Å²) >= 11 is 0. The summed E-state index contributed by atoms with van der Waals surface area (Å²) in [7, 11) is 2.13. The van der Waals surface area contributed by atoms with E-state index in [2.05, 4.69) is 42.7 Å². The van der Waals surface area contributed by atoms with Gasteiger partial charge in [-0.3, -0.25) is 0 Å². The molecular weight excluding hydrogens is 218 g/mol. The molecule has 18 heavy (non-hydrogen) atoms. The van der Waals surface area contributed by atoms with Crippen molar-refractivity contribution in [1.82, 2.24) is 5.32 Å². The highest BCUT2D eigenvalue weighted by molar-refractivity contribution is 5.31. The van der Waals surface area contributed by atoms with Crippen molar-refractivity contribution in [3.05, 3.63) is 47.0 Å². The Labute approximate surface area is 110 Å². The fraction of sp³-hybridized carbons (Fsp3) is 0.529. The van der Waals surface area contributed by atoms with Gasteiger partial charge in [-0.1, -0.05) is 35.9 Å². The number of hydrogen-bond acceptors (Lipinski definition) is 1. The van der Waals surface area contributed by atoms with Crippen LogP contribution in [0.5, 0.6) is 0 Å². The monoisotopic (exact) mass is 241 g/mol. The molecule has 0 spiro atoms. The maximum Gasteiger partial charge on any atom is 0.0308 e. The van der Waals surface area contributed by atoms with Crippen LogP contribution in [0.2, 0.25) is 0 Å². The Balaban J connectivity index is 1.78. The smallest absolute Gasteiger partial charge is 0.0308 e. The number of nitrogens with one attached hydrogen (secondary N) is 1. The highest BCUT2D eigenvalue weighted by atomic mass is 14.9. The van der Waals surface area contributed by atoms with Crippen molar-refractivity contribution in [3.8, 4) is 0 Å². The van der Waals surface area contributed by atoms with Gasteiger partial charge in [0.15, 0.2) is 0 Å². The first-order chi connectivity index (χ1) is 8.88. The zero-order valence-corrected chi connectivity index (χ0v) is 11.3. The van der Waals surface area contributed by atoms with E-state index in [1.165, 1.54) is 38.5 Å². The predicted molar refractivity (Wildman–Crippen MR) is 76.7 cm³/mol. The predicted octanol–water partition coefficient (Wildman–Crippen LogP) is 3.49. The highest BCUT2D eigenvalue weighted by Crippen LogP contribution is 2.33. The quantitative estimate of drug-likeness (QED) is 0.799. The Hall–Kier alpha value is -1.08. The molecule has 0 aliphatic heterocycles. The van der Waals surface area contributed by atoms with Gasteiger partial charge in [-0.05, 0) is 62.6 Å². The molecule has 2 unspecified atom stereocenters. The minimum atomic E-state index is 0.612. The lowest BCUT2D eigenvalue weighted by Crippen LogP contribution is -2.38. The van der Waals surface area contributed by atoms with Crippen LogP contribution in [0.4, 0.5) is 0 Å². The second-order valence-electron chi connectivity index (χ2n) is 5.71. The first-order valence-electron chi connectivity index (χ1n) is 7.31. The molecule has 96 valence electrons. The summed E-state index contributed by atoms with van der Waals surface area (Å²) in [5.41, 5.74) is 4.82. The van der Waals surface area contributed by atoms with E-state index >= 15 is 0 Å². The van der Waals surface area contributed by atoms with Crippen molar-refractivity contribution in [2.24, 2.45) is 5.92 Å². The zero-order valence-electron chi connectivity index (χ0n) is 11.3. The topological polar surface area (TPSA) is 12.0 Å². The fourth-order valence-corrected chi connectivity index (χ4v) is 3.71. The number of likely N-dealkylation sites (N-methyl/N-ethyl adjacent to an activating group) is 1. The number of rotatable bonds is 3.